The molecule has 9 aromatic carbocycles. The molecule has 0 atom stereocenters. The van der Waals surface area contributed by atoms with Gasteiger partial charge < -0.3 is 13.7 Å². The Morgan fingerprint density at radius 3 is 1.79 bits per heavy atom. The van der Waals surface area contributed by atoms with Crippen molar-refractivity contribution in [1.29, 1.82) is 0 Å². The first-order valence-corrected chi connectivity index (χ1v) is 20.0. The van der Waals surface area contributed by atoms with Crippen LogP contribution >= 0.6 is 0 Å². The van der Waals surface area contributed by atoms with Gasteiger partial charge in [-0.3, -0.25) is 0 Å². The lowest BCUT2D eigenvalue weighted by atomic mass is 9.82. The smallest absolute Gasteiger partial charge is 0.160 e. The molecule has 58 heavy (non-hydrogen) atoms. The van der Waals surface area contributed by atoms with Crippen LogP contribution in [0.15, 0.2) is 197 Å². The van der Waals surface area contributed by atoms with Gasteiger partial charge in [0.2, 0.25) is 0 Å². The van der Waals surface area contributed by atoms with Crippen LogP contribution in [-0.2, 0) is 5.41 Å². The highest BCUT2D eigenvalue weighted by Crippen LogP contribution is 2.53. The lowest BCUT2D eigenvalue weighted by Crippen LogP contribution is -2.16. The largest absolute Gasteiger partial charge is 0.454 e. The molecule has 0 amide bonds. The molecule has 11 aromatic rings. The Kier molecular flexibility index (Phi) is 6.98. The lowest BCUT2D eigenvalue weighted by Gasteiger charge is -2.28. The van der Waals surface area contributed by atoms with Crippen LogP contribution in [0.3, 0.4) is 0 Å². The van der Waals surface area contributed by atoms with Gasteiger partial charge in [-0.15, -0.1) is 0 Å². The molecule has 0 N–H and O–H groups in total. The molecule has 1 aliphatic rings. The molecule has 0 saturated carbocycles. The number of rotatable bonds is 5. The summed E-state index contributed by atoms with van der Waals surface area (Å²) >= 11 is 0. The molecule has 2 aromatic heterocycles. The summed E-state index contributed by atoms with van der Waals surface area (Å²) in [5.41, 5.74) is 16.0. The quantitative estimate of drug-likeness (QED) is 0.176. The molecule has 3 heteroatoms. The summed E-state index contributed by atoms with van der Waals surface area (Å²) < 4.78 is 14.2. The normalized spacial score (nSPS) is 13.1. The first kappa shape index (κ1) is 32.8. The monoisotopic (exact) mass is 743 g/mol. The van der Waals surface area contributed by atoms with Crippen LogP contribution in [0.4, 0.5) is 17.1 Å². The summed E-state index contributed by atoms with van der Waals surface area (Å²) in [6, 6.07) is 67.5. The van der Waals surface area contributed by atoms with Crippen LogP contribution in [0.5, 0.6) is 0 Å². The predicted molar refractivity (Wildman–Crippen MR) is 242 cm³/mol. The van der Waals surface area contributed by atoms with E-state index in [1.165, 1.54) is 33.4 Å². The molecular formula is C55H37NO2. The SMILES string of the molecule is CC1(C)c2ccccc2-c2ccc(N(c3cccc4c3oc3ccccc34)c3ccc(-c4ccccc4)c4c3oc3c5ccccc5c(-c5ccccc5)cc34)cc21. The van der Waals surface area contributed by atoms with Crippen LogP contribution in [0, 0.1) is 0 Å². The average molecular weight is 744 g/mol. The Hall–Kier alpha value is -7.36. The summed E-state index contributed by atoms with van der Waals surface area (Å²) in [6.45, 7) is 4.68. The van der Waals surface area contributed by atoms with Gasteiger partial charge in [-0.25, -0.2) is 0 Å². The van der Waals surface area contributed by atoms with E-state index in [-0.39, 0.29) is 5.41 Å². The van der Waals surface area contributed by atoms with E-state index in [9.17, 15) is 0 Å². The van der Waals surface area contributed by atoms with Gasteiger partial charge in [-0.2, -0.15) is 0 Å². The molecule has 0 fully saturated rings. The van der Waals surface area contributed by atoms with Gasteiger partial charge in [-0.05, 0) is 86.3 Å². The number of para-hydroxylation sites is 2. The van der Waals surface area contributed by atoms with E-state index in [4.69, 9.17) is 8.83 Å². The topological polar surface area (TPSA) is 29.5 Å². The van der Waals surface area contributed by atoms with E-state index in [2.05, 4.69) is 201 Å². The molecule has 2 heterocycles. The molecule has 3 nitrogen and oxygen atoms in total. The fraction of sp³-hybridized carbons (Fsp3) is 0.0545. The molecule has 12 rings (SSSR count). The zero-order chi connectivity index (χ0) is 38.5. The maximum absolute atomic E-state index is 7.36. The molecule has 0 unspecified atom stereocenters. The fourth-order valence-corrected chi connectivity index (χ4v) is 9.73. The first-order valence-electron chi connectivity index (χ1n) is 20.0. The van der Waals surface area contributed by atoms with Gasteiger partial charge in [0.1, 0.15) is 11.2 Å². The van der Waals surface area contributed by atoms with E-state index in [0.717, 1.165) is 82.8 Å². The van der Waals surface area contributed by atoms with Crippen LogP contribution in [0.1, 0.15) is 25.0 Å². The second kappa shape index (κ2) is 12.3. The Morgan fingerprint density at radius 1 is 0.379 bits per heavy atom. The third kappa shape index (κ3) is 4.68. The zero-order valence-electron chi connectivity index (χ0n) is 32.2. The van der Waals surface area contributed by atoms with Gasteiger partial charge >= 0.3 is 0 Å². The van der Waals surface area contributed by atoms with E-state index in [1.807, 2.05) is 6.07 Å². The Morgan fingerprint density at radius 2 is 0.983 bits per heavy atom. The number of anilines is 3. The van der Waals surface area contributed by atoms with Crippen molar-refractivity contribution in [3.8, 4) is 33.4 Å². The van der Waals surface area contributed by atoms with Crippen molar-refractivity contribution in [2.24, 2.45) is 0 Å². The highest BCUT2D eigenvalue weighted by molar-refractivity contribution is 6.24. The van der Waals surface area contributed by atoms with Crippen molar-refractivity contribution >= 4 is 71.7 Å². The molecular weight excluding hydrogens is 707 g/mol. The standard InChI is InChI=1S/C55H37NO2/c1-55(2)46-25-13-11-21-39(46)40-29-28-36(32-47(40)55)56(48-26-15-24-43-41-22-12-14-27-50(41)57-53(43)48)49-31-30-37(34-16-5-3-6-17-34)51-45-33-44(35-18-7-4-8-19-35)38-20-9-10-23-42(38)52(45)58-54(49)51/h3-33H,1-2H3. The number of fused-ring (bicyclic) bond motifs is 11. The minimum absolute atomic E-state index is 0.183. The van der Waals surface area contributed by atoms with Crippen molar-refractivity contribution in [3.05, 3.63) is 199 Å². The minimum Gasteiger partial charge on any atom is -0.454 e. The maximum atomic E-state index is 7.36. The second-order valence-electron chi connectivity index (χ2n) is 16.0. The number of furan rings is 2. The summed E-state index contributed by atoms with van der Waals surface area (Å²) in [5.74, 6) is 0. The average Bonchev–Trinajstić information content (AvgIpc) is 3.93. The van der Waals surface area contributed by atoms with Crippen molar-refractivity contribution in [3.63, 3.8) is 0 Å². The first-order chi connectivity index (χ1) is 28.5. The molecule has 1 aliphatic carbocycles. The molecule has 274 valence electrons. The molecule has 0 saturated heterocycles. The van der Waals surface area contributed by atoms with Gasteiger partial charge in [0.05, 0.1) is 11.4 Å². The van der Waals surface area contributed by atoms with Crippen LogP contribution < -0.4 is 4.90 Å². The summed E-state index contributed by atoms with van der Waals surface area (Å²) in [5, 5.41) is 6.58. The van der Waals surface area contributed by atoms with Crippen molar-refractivity contribution in [2.45, 2.75) is 19.3 Å². The van der Waals surface area contributed by atoms with Crippen molar-refractivity contribution < 1.29 is 8.83 Å². The van der Waals surface area contributed by atoms with E-state index >= 15 is 0 Å². The third-order valence-electron chi connectivity index (χ3n) is 12.5. The van der Waals surface area contributed by atoms with Crippen LogP contribution in [-0.4, -0.2) is 0 Å². The van der Waals surface area contributed by atoms with Gasteiger partial charge in [0.15, 0.2) is 11.2 Å². The summed E-state index contributed by atoms with van der Waals surface area (Å²) in [4.78, 5) is 2.36. The predicted octanol–water partition coefficient (Wildman–Crippen LogP) is 15.7. The second-order valence-corrected chi connectivity index (χ2v) is 16.0. The third-order valence-corrected chi connectivity index (χ3v) is 12.5. The number of benzene rings is 9. The van der Waals surface area contributed by atoms with E-state index < -0.39 is 0 Å². The number of hydrogen-bond donors (Lipinski definition) is 0. The highest BCUT2D eigenvalue weighted by atomic mass is 16.3. The summed E-state index contributed by atoms with van der Waals surface area (Å²) in [6.07, 6.45) is 0. The van der Waals surface area contributed by atoms with Crippen LogP contribution in [0.25, 0.3) is 88.0 Å². The van der Waals surface area contributed by atoms with Gasteiger partial charge in [-0.1, -0.05) is 166 Å². The maximum Gasteiger partial charge on any atom is 0.160 e. The molecule has 0 bridgehead atoms. The van der Waals surface area contributed by atoms with Crippen molar-refractivity contribution in [1.82, 2.24) is 0 Å². The Bertz CT molecular complexity index is 3430. The number of hydrogen-bond acceptors (Lipinski definition) is 3. The minimum atomic E-state index is -0.183. The fourth-order valence-electron chi connectivity index (χ4n) is 9.73. The van der Waals surface area contributed by atoms with E-state index in [1.54, 1.807) is 0 Å². The molecule has 0 radical (unpaired) electrons. The Balaban J connectivity index is 1.21. The molecule has 0 spiro atoms. The molecule has 0 aliphatic heterocycles. The Labute approximate surface area is 336 Å². The number of nitrogens with zero attached hydrogens (tertiary/aromatic N) is 1. The van der Waals surface area contributed by atoms with Gasteiger partial charge in [0.25, 0.3) is 0 Å². The van der Waals surface area contributed by atoms with Gasteiger partial charge in [0, 0.05) is 38.0 Å². The van der Waals surface area contributed by atoms with Crippen LogP contribution in [0.2, 0.25) is 0 Å². The van der Waals surface area contributed by atoms with E-state index in [0.29, 0.717) is 0 Å². The highest BCUT2D eigenvalue weighted by Gasteiger charge is 2.36. The lowest BCUT2D eigenvalue weighted by molar-refractivity contribution is 0.660. The zero-order valence-corrected chi connectivity index (χ0v) is 32.2. The summed E-state index contributed by atoms with van der Waals surface area (Å²) in [7, 11) is 0. The van der Waals surface area contributed by atoms with Crippen molar-refractivity contribution in [2.75, 3.05) is 4.90 Å².